The van der Waals surface area contributed by atoms with E-state index in [0.29, 0.717) is 5.56 Å². The highest BCUT2D eigenvalue weighted by Gasteiger charge is 2.20. The number of rotatable bonds is 2. The predicted octanol–water partition coefficient (Wildman–Crippen LogP) is 3.94. The molecule has 3 N–H and O–H groups in total. The quantitative estimate of drug-likeness (QED) is 0.817. The molecule has 0 bridgehead atoms. The standard InChI is InChI=1S/C18H19N3/c1-12-5-8-17(14(9-12)11-19)21-18-4-2-3-13-10-15(20)6-7-16(13)18/h5-10,18,21H,2-4,20H2,1H3. The van der Waals surface area contributed by atoms with Gasteiger partial charge in [0.2, 0.25) is 0 Å². The summed E-state index contributed by atoms with van der Waals surface area (Å²) in [5.74, 6) is 0. The summed E-state index contributed by atoms with van der Waals surface area (Å²) < 4.78 is 0. The van der Waals surface area contributed by atoms with Crippen LogP contribution in [0.25, 0.3) is 0 Å². The lowest BCUT2D eigenvalue weighted by Crippen LogP contribution is -2.18. The summed E-state index contributed by atoms with van der Waals surface area (Å²) in [5, 5.41) is 12.8. The van der Waals surface area contributed by atoms with Crippen LogP contribution in [0.5, 0.6) is 0 Å². The zero-order valence-electron chi connectivity index (χ0n) is 12.2. The Morgan fingerprint density at radius 2 is 2.10 bits per heavy atom. The molecule has 1 aliphatic carbocycles. The summed E-state index contributed by atoms with van der Waals surface area (Å²) in [6.45, 7) is 2.00. The molecule has 0 saturated heterocycles. The normalized spacial score (nSPS) is 16.9. The number of nitriles is 1. The van der Waals surface area contributed by atoms with Gasteiger partial charge in [-0.05, 0) is 67.1 Å². The van der Waals surface area contributed by atoms with Crippen LogP contribution in [0.1, 0.15) is 41.1 Å². The Morgan fingerprint density at radius 1 is 1.24 bits per heavy atom. The van der Waals surface area contributed by atoms with Gasteiger partial charge in [0.1, 0.15) is 6.07 Å². The fourth-order valence-corrected chi connectivity index (χ4v) is 3.05. The summed E-state index contributed by atoms with van der Waals surface area (Å²) in [6.07, 6.45) is 3.30. The molecule has 106 valence electrons. The molecule has 1 aliphatic rings. The number of hydrogen-bond acceptors (Lipinski definition) is 3. The van der Waals surface area contributed by atoms with Gasteiger partial charge in [-0.25, -0.2) is 0 Å². The smallest absolute Gasteiger partial charge is 0.101 e. The molecule has 1 atom stereocenters. The molecule has 0 spiro atoms. The Morgan fingerprint density at radius 3 is 2.90 bits per heavy atom. The van der Waals surface area contributed by atoms with Crippen LogP contribution < -0.4 is 11.1 Å². The van der Waals surface area contributed by atoms with Crippen LogP contribution in [0.15, 0.2) is 36.4 Å². The maximum atomic E-state index is 9.30. The molecule has 0 aliphatic heterocycles. The van der Waals surface area contributed by atoms with Crippen molar-refractivity contribution in [1.29, 1.82) is 5.26 Å². The maximum Gasteiger partial charge on any atom is 0.101 e. The first kappa shape index (κ1) is 13.5. The molecule has 3 rings (SSSR count). The van der Waals surface area contributed by atoms with E-state index in [2.05, 4.69) is 23.5 Å². The lowest BCUT2D eigenvalue weighted by Gasteiger charge is -2.28. The minimum atomic E-state index is 0.254. The Kier molecular flexibility index (Phi) is 3.53. The molecule has 2 aromatic rings. The van der Waals surface area contributed by atoms with Crippen molar-refractivity contribution in [3.63, 3.8) is 0 Å². The van der Waals surface area contributed by atoms with Crippen LogP contribution in [0, 0.1) is 18.3 Å². The molecule has 2 aromatic carbocycles. The van der Waals surface area contributed by atoms with Crippen molar-refractivity contribution < 1.29 is 0 Å². The Bertz CT molecular complexity index is 713. The average molecular weight is 277 g/mol. The van der Waals surface area contributed by atoms with Gasteiger partial charge < -0.3 is 11.1 Å². The number of nitrogens with one attached hydrogen (secondary N) is 1. The maximum absolute atomic E-state index is 9.30. The number of anilines is 2. The third-order valence-electron chi connectivity index (χ3n) is 4.11. The molecule has 0 aromatic heterocycles. The first-order valence-corrected chi connectivity index (χ1v) is 7.33. The van der Waals surface area contributed by atoms with Crippen molar-refractivity contribution >= 4 is 11.4 Å². The highest BCUT2D eigenvalue weighted by molar-refractivity contribution is 5.60. The molecule has 21 heavy (non-hydrogen) atoms. The van der Waals surface area contributed by atoms with E-state index in [-0.39, 0.29) is 6.04 Å². The van der Waals surface area contributed by atoms with Gasteiger partial charge in [0.15, 0.2) is 0 Å². The molecule has 0 amide bonds. The van der Waals surface area contributed by atoms with Gasteiger partial charge in [0.05, 0.1) is 17.3 Å². The van der Waals surface area contributed by atoms with Crippen molar-refractivity contribution in [2.75, 3.05) is 11.1 Å². The van der Waals surface area contributed by atoms with Crippen molar-refractivity contribution in [3.8, 4) is 6.07 Å². The minimum Gasteiger partial charge on any atom is -0.399 e. The second kappa shape index (κ2) is 5.49. The lowest BCUT2D eigenvalue weighted by atomic mass is 9.87. The van der Waals surface area contributed by atoms with Gasteiger partial charge in [-0.1, -0.05) is 12.1 Å². The number of nitrogens with two attached hydrogens (primary N) is 1. The molecular weight excluding hydrogens is 258 g/mol. The summed E-state index contributed by atoms with van der Waals surface area (Å²) >= 11 is 0. The van der Waals surface area contributed by atoms with Gasteiger partial charge in [-0.15, -0.1) is 0 Å². The number of fused-ring (bicyclic) bond motifs is 1. The molecule has 1 unspecified atom stereocenters. The Balaban J connectivity index is 1.92. The number of benzene rings is 2. The van der Waals surface area contributed by atoms with Gasteiger partial charge >= 0.3 is 0 Å². The first-order valence-electron chi connectivity index (χ1n) is 7.33. The van der Waals surface area contributed by atoms with Crippen LogP contribution in [0.4, 0.5) is 11.4 Å². The van der Waals surface area contributed by atoms with Crippen LogP contribution in [0.3, 0.4) is 0 Å². The van der Waals surface area contributed by atoms with E-state index >= 15 is 0 Å². The third kappa shape index (κ3) is 2.71. The van der Waals surface area contributed by atoms with E-state index in [9.17, 15) is 5.26 Å². The molecule has 0 saturated carbocycles. The van der Waals surface area contributed by atoms with Gasteiger partial charge in [-0.2, -0.15) is 5.26 Å². The zero-order valence-corrected chi connectivity index (χ0v) is 12.2. The molecule has 0 fully saturated rings. The van der Waals surface area contributed by atoms with E-state index < -0.39 is 0 Å². The SMILES string of the molecule is Cc1ccc(NC2CCCc3cc(N)ccc32)c(C#N)c1. The Labute approximate surface area is 125 Å². The van der Waals surface area contributed by atoms with Gasteiger partial charge in [0, 0.05) is 5.69 Å². The van der Waals surface area contributed by atoms with Crippen molar-refractivity contribution in [3.05, 3.63) is 58.7 Å². The Hall–Kier alpha value is -2.47. The van der Waals surface area contributed by atoms with Crippen LogP contribution in [-0.4, -0.2) is 0 Å². The highest BCUT2D eigenvalue weighted by Crippen LogP contribution is 2.34. The molecule has 3 nitrogen and oxygen atoms in total. The van der Waals surface area contributed by atoms with E-state index in [4.69, 9.17) is 5.73 Å². The largest absolute Gasteiger partial charge is 0.399 e. The second-order valence-electron chi connectivity index (χ2n) is 5.71. The van der Waals surface area contributed by atoms with Crippen molar-refractivity contribution in [1.82, 2.24) is 0 Å². The molecule has 0 heterocycles. The average Bonchev–Trinajstić information content (AvgIpc) is 2.49. The summed E-state index contributed by atoms with van der Waals surface area (Å²) in [7, 11) is 0. The fraction of sp³-hybridized carbons (Fsp3) is 0.278. The van der Waals surface area contributed by atoms with Crippen molar-refractivity contribution in [2.24, 2.45) is 0 Å². The summed E-state index contributed by atoms with van der Waals surface area (Å²) in [4.78, 5) is 0. The monoisotopic (exact) mass is 277 g/mol. The highest BCUT2D eigenvalue weighted by atomic mass is 14.9. The third-order valence-corrected chi connectivity index (χ3v) is 4.11. The summed E-state index contributed by atoms with van der Waals surface area (Å²) in [6, 6.07) is 14.6. The van der Waals surface area contributed by atoms with Gasteiger partial charge in [-0.3, -0.25) is 0 Å². The number of hydrogen-bond donors (Lipinski definition) is 2. The zero-order chi connectivity index (χ0) is 14.8. The topological polar surface area (TPSA) is 61.8 Å². The lowest BCUT2D eigenvalue weighted by molar-refractivity contribution is 0.600. The van der Waals surface area contributed by atoms with E-state index in [1.54, 1.807) is 0 Å². The first-order chi connectivity index (χ1) is 10.2. The predicted molar refractivity (Wildman–Crippen MR) is 86.1 cm³/mol. The summed E-state index contributed by atoms with van der Waals surface area (Å²) in [5.41, 5.74) is 12.1. The van der Waals surface area contributed by atoms with Gasteiger partial charge in [0.25, 0.3) is 0 Å². The van der Waals surface area contributed by atoms with Crippen LogP contribution in [-0.2, 0) is 6.42 Å². The number of aryl methyl sites for hydroxylation is 2. The number of nitrogen functional groups attached to an aromatic ring is 1. The fourth-order valence-electron chi connectivity index (χ4n) is 3.05. The van der Waals surface area contributed by atoms with E-state index in [1.165, 1.54) is 11.1 Å². The van der Waals surface area contributed by atoms with Crippen LogP contribution in [0.2, 0.25) is 0 Å². The van der Waals surface area contributed by atoms with E-state index in [0.717, 1.165) is 36.2 Å². The minimum absolute atomic E-state index is 0.254. The second-order valence-corrected chi connectivity index (χ2v) is 5.71. The molecule has 3 heteroatoms. The number of nitrogens with zero attached hydrogens (tertiary/aromatic N) is 1. The molecule has 0 radical (unpaired) electrons. The van der Waals surface area contributed by atoms with Crippen molar-refractivity contribution in [2.45, 2.75) is 32.2 Å². The molecular formula is C18H19N3. The van der Waals surface area contributed by atoms with E-state index in [1.807, 2.05) is 31.2 Å². The van der Waals surface area contributed by atoms with Crippen LogP contribution >= 0.6 is 0 Å².